The number of H-pyrrole nitrogens is 1. The summed E-state index contributed by atoms with van der Waals surface area (Å²) in [5.41, 5.74) is 5.95. The number of carbonyl (C=O) groups is 1. The fourth-order valence-electron chi connectivity index (χ4n) is 2.41. The molecule has 3 N–H and O–H groups in total. The molecule has 1 aliphatic rings. The molecular formula is C14H14FN3O2. The minimum absolute atomic E-state index is 0.291. The van der Waals surface area contributed by atoms with Crippen LogP contribution < -0.4 is 5.73 Å². The molecule has 0 unspecified atom stereocenters. The van der Waals surface area contributed by atoms with Crippen molar-refractivity contribution in [2.24, 2.45) is 5.73 Å². The molecule has 0 aliphatic heterocycles. The Kier molecular flexibility index (Phi) is 2.93. The highest BCUT2D eigenvalue weighted by Crippen LogP contribution is 2.43. The lowest BCUT2D eigenvalue weighted by molar-refractivity contribution is -0.0552. The normalized spacial score (nSPS) is 16.4. The quantitative estimate of drug-likeness (QED) is 0.903. The van der Waals surface area contributed by atoms with Crippen LogP contribution in [0, 0.1) is 5.82 Å². The molecule has 0 saturated heterocycles. The van der Waals surface area contributed by atoms with E-state index in [9.17, 15) is 9.18 Å². The van der Waals surface area contributed by atoms with Crippen LogP contribution in [0.4, 0.5) is 9.18 Å². The number of benzene rings is 1. The molecule has 0 radical (unpaired) electrons. The van der Waals surface area contributed by atoms with Gasteiger partial charge in [-0.2, -0.15) is 0 Å². The van der Waals surface area contributed by atoms with Gasteiger partial charge in [0.1, 0.15) is 5.82 Å². The fourth-order valence-corrected chi connectivity index (χ4v) is 2.41. The highest BCUT2D eigenvalue weighted by Gasteiger charge is 2.45. The van der Waals surface area contributed by atoms with Gasteiger partial charge in [-0.3, -0.25) is 0 Å². The summed E-state index contributed by atoms with van der Waals surface area (Å²) < 4.78 is 18.1. The van der Waals surface area contributed by atoms with Crippen LogP contribution in [-0.4, -0.2) is 16.1 Å². The van der Waals surface area contributed by atoms with E-state index in [1.165, 1.54) is 12.1 Å². The van der Waals surface area contributed by atoms with Gasteiger partial charge in [0.05, 0.1) is 11.9 Å². The van der Waals surface area contributed by atoms with Crippen molar-refractivity contribution in [1.82, 2.24) is 9.97 Å². The Morgan fingerprint density at radius 1 is 1.35 bits per heavy atom. The van der Waals surface area contributed by atoms with Crippen LogP contribution in [-0.2, 0) is 10.3 Å². The number of amides is 1. The number of primary amides is 1. The Balaban J connectivity index is 1.89. The van der Waals surface area contributed by atoms with Gasteiger partial charge in [-0.15, -0.1) is 0 Å². The fraction of sp³-hybridized carbons (Fsp3) is 0.286. The Morgan fingerprint density at radius 3 is 2.60 bits per heavy atom. The summed E-state index contributed by atoms with van der Waals surface area (Å²) in [6.45, 7) is 0. The third-order valence-electron chi connectivity index (χ3n) is 3.62. The van der Waals surface area contributed by atoms with E-state index in [1.54, 1.807) is 18.3 Å². The first kappa shape index (κ1) is 12.7. The summed E-state index contributed by atoms with van der Waals surface area (Å²) in [4.78, 5) is 18.4. The highest BCUT2D eigenvalue weighted by molar-refractivity contribution is 5.65. The molecule has 1 amide bonds. The van der Waals surface area contributed by atoms with E-state index >= 15 is 0 Å². The summed E-state index contributed by atoms with van der Waals surface area (Å²) in [6, 6.07) is 6.09. The number of nitrogens with two attached hydrogens (primary N) is 1. The number of imidazole rings is 1. The van der Waals surface area contributed by atoms with Crippen LogP contribution in [0.3, 0.4) is 0 Å². The lowest BCUT2D eigenvalue weighted by Crippen LogP contribution is -2.41. The second kappa shape index (κ2) is 4.63. The van der Waals surface area contributed by atoms with E-state index in [-0.39, 0.29) is 5.82 Å². The molecule has 20 heavy (non-hydrogen) atoms. The van der Waals surface area contributed by atoms with E-state index < -0.39 is 11.7 Å². The molecule has 6 heteroatoms. The lowest BCUT2D eigenvalue weighted by Gasteiger charge is -2.38. The molecule has 0 atom stereocenters. The third-order valence-corrected chi connectivity index (χ3v) is 3.62. The number of nitrogens with one attached hydrogen (secondary N) is 1. The van der Waals surface area contributed by atoms with Crippen LogP contribution in [0.25, 0.3) is 11.3 Å². The smallest absolute Gasteiger partial charge is 0.405 e. The van der Waals surface area contributed by atoms with Gasteiger partial charge in [0.15, 0.2) is 11.4 Å². The molecule has 1 fully saturated rings. The van der Waals surface area contributed by atoms with Crippen molar-refractivity contribution in [1.29, 1.82) is 0 Å². The average Bonchev–Trinajstić information content (AvgIpc) is 2.84. The SMILES string of the molecule is NC(=O)OC1(c2ncc(-c3ccc(F)cc3)[nH]2)CCC1. The van der Waals surface area contributed by atoms with E-state index in [0.717, 1.165) is 17.7 Å². The van der Waals surface area contributed by atoms with Gasteiger partial charge in [-0.25, -0.2) is 14.2 Å². The van der Waals surface area contributed by atoms with Crippen molar-refractivity contribution in [3.63, 3.8) is 0 Å². The number of nitrogens with zero attached hydrogens (tertiary/aromatic N) is 1. The van der Waals surface area contributed by atoms with E-state index in [4.69, 9.17) is 10.5 Å². The standard InChI is InChI=1S/C14H14FN3O2/c15-10-4-2-9(3-5-10)11-8-17-12(18-11)14(6-1-7-14)20-13(16)19/h2-5,8H,1,6-7H2,(H2,16,19)(H,17,18). The molecule has 1 aliphatic carbocycles. The summed E-state index contributed by atoms with van der Waals surface area (Å²) in [7, 11) is 0. The van der Waals surface area contributed by atoms with Crippen LogP contribution in [0.1, 0.15) is 25.1 Å². The first-order valence-electron chi connectivity index (χ1n) is 6.39. The Bertz CT molecular complexity index is 632. The summed E-state index contributed by atoms with van der Waals surface area (Å²) >= 11 is 0. The Morgan fingerprint density at radius 2 is 2.05 bits per heavy atom. The number of carbonyl (C=O) groups excluding carboxylic acids is 1. The molecule has 0 spiro atoms. The molecule has 1 aromatic carbocycles. The summed E-state index contributed by atoms with van der Waals surface area (Å²) in [5.74, 6) is 0.294. The molecule has 1 aromatic heterocycles. The largest absolute Gasteiger partial charge is 0.435 e. The van der Waals surface area contributed by atoms with Gasteiger partial charge in [0.2, 0.25) is 0 Å². The maximum Gasteiger partial charge on any atom is 0.405 e. The van der Waals surface area contributed by atoms with Crippen LogP contribution in [0.5, 0.6) is 0 Å². The van der Waals surface area contributed by atoms with Crippen molar-refractivity contribution < 1.29 is 13.9 Å². The van der Waals surface area contributed by atoms with Gasteiger partial charge >= 0.3 is 6.09 Å². The zero-order valence-corrected chi connectivity index (χ0v) is 10.7. The number of ether oxygens (including phenoxy) is 1. The highest BCUT2D eigenvalue weighted by atomic mass is 19.1. The number of halogens is 1. The molecule has 0 bridgehead atoms. The Hall–Kier alpha value is -2.37. The number of hydrogen-bond acceptors (Lipinski definition) is 3. The van der Waals surface area contributed by atoms with Gasteiger partial charge in [-0.05, 0) is 49.1 Å². The van der Waals surface area contributed by atoms with E-state index in [0.29, 0.717) is 18.7 Å². The van der Waals surface area contributed by atoms with Crippen molar-refractivity contribution in [3.05, 3.63) is 42.1 Å². The number of hydrogen-bond donors (Lipinski definition) is 2. The molecule has 1 saturated carbocycles. The first-order chi connectivity index (χ1) is 9.59. The van der Waals surface area contributed by atoms with Crippen LogP contribution in [0.2, 0.25) is 0 Å². The topological polar surface area (TPSA) is 81.0 Å². The molecule has 1 heterocycles. The van der Waals surface area contributed by atoms with Crippen molar-refractivity contribution in [2.45, 2.75) is 24.9 Å². The predicted octanol–water partition coefficient (Wildman–Crippen LogP) is 2.69. The minimum atomic E-state index is -0.801. The first-order valence-corrected chi connectivity index (χ1v) is 6.39. The molecule has 5 nitrogen and oxygen atoms in total. The zero-order valence-electron chi connectivity index (χ0n) is 10.7. The number of aromatic nitrogens is 2. The van der Waals surface area contributed by atoms with Crippen LogP contribution in [0.15, 0.2) is 30.5 Å². The minimum Gasteiger partial charge on any atom is -0.435 e. The number of rotatable bonds is 3. The van der Waals surface area contributed by atoms with Gasteiger partial charge < -0.3 is 15.5 Å². The van der Waals surface area contributed by atoms with Gasteiger partial charge in [-0.1, -0.05) is 0 Å². The average molecular weight is 275 g/mol. The van der Waals surface area contributed by atoms with E-state index in [1.807, 2.05) is 0 Å². The molecular weight excluding hydrogens is 261 g/mol. The molecule has 104 valence electrons. The molecule has 2 aromatic rings. The monoisotopic (exact) mass is 275 g/mol. The summed E-state index contributed by atoms with van der Waals surface area (Å²) in [6.07, 6.45) is 3.20. The van der Waals surface area contributed by atoms with Crippen LogP contribution >= 0.6 is 0 Å². The van der Waals surface area contributed by atoms with Gasteiger partial charge in [0, 0.05) is 0 Å². The number of aromatic amines is 1. The maximum atomic E-state index is 12.9. The lowest BCUT2D eigenvalue weighted by atomic mass is 9.79. The van der Waals surface area contributed by atoms with Crippen molar-refractivity contribution >= 4 is 6.09 Å². The maximum absolute atomic E-state index is 12.9. The van der Waals surface area contributed by atoms with Crippen molar-refractivity contribution in [2.75, 3.05) is 0 Å². The van der Waals surface area contributed by atoms with Crippen molar-refractivity contribution in [3.8, 4) is 11.3 Å². The summed E-state index contributed by atoms with van der Waals surface area (Å²) in [5, 5.41) is 0. The zero-order chi connectivity index (χ0) is 14.2. The third kappa shape index (κ3) is 2.13. The van der Waals surface area contributed by atoms with E-state index in [2.05, 4.69) is 9.97 Å². The second-order valence-electron chi connectivity index (χ2n) is 4.92. The molecule has 3 rings (SSSR count). The predicted molar refractivity (Wildman–Crippen MR) is 70.2 cm³/mol. The van der Waals surface area contributed by atoms with Gasteiger partial charge in [0.25, 0.3) is 0 Å². The Labute approximate surface area is 115 Å². The second-order valence-corrected chi connectivity index (χ2v) is 4.92.